The van der Waals surface area contributed by atoms with Crippen molar-refractivity contribution in [3.05, 3.63) is 29.3 Å². The fourth-order valence-electron chi connectivity index (χ4n) is 1.79. The number of aliphatic hydroxyl groups excluding tert-OH is 1. The summed E-state index contributed by atoms with van der Waals surface area (Å²) in [4.78, 5) is 11.1. The Morgan fingerprint density at radius 2 is 2.12 bits per heavy atom. The lowest BCUT2D eigenvalue weighted by Crippen LogP contribution is -2.13. The van der Waals surface area contributed by atoms with Crippen LogP contribution in [-0.4, -0.2) is 17.2 Å². The Morgan fingerprint density at radius 1 is 1.41 bits per heavy atom. The van der Waals surface area contributed by atoms with Crippen LogP contribution in [-0.2, 0) is 11.2 Å². The normalized spacial score (nSPS) is 16.6. The first kappa shape index (κ1) is 11.9. The van der Waals surface area contributed by atoms with E-state index in [1.54, 1.807) is 0 Å². The van der Waals surface area contributed by atoms with Crippen LogP contribution in [0, 0.1) is 0 Å². The number of fused-ring (bicyclic) bond motifs is 1. The molecule has 0 aromatic heterocycles. The summed E-state index contributed by atoms with van der Waals surface area (Å²) in [6.45, 7) is 0. The van der Waals surface area contributed by atoms with Crippen LogP contribution in [0.4, 0.5) is 18.9 Å². The highest BCUT2D eigenvalue weighted by Gasteiger charge is 2.32. The highest BCUT2D eigenvalue weighted by Crippen LogP contribution is 2.32. The van der Waals surface area contributed by atoms with Gasteiger partial charge in [0.05, 0.1) is 18.9 Å². The summed E-state index contributed by atoms with van der Waals surface area (Å²) < 4.78 is 36.3. The molecule has 0 radical (unpaired) electrons. The van der Waals surface area contributed by atoms with Crippen LogP contribution in [0.1, 0.15) is 23.7 Å². The molecule has 0 aliphatic carbocycles. The zero-order valence-corrected chi connectivity index (χ0v) is 8.71. The molecule has 0 bridgehead atoms. The van der Waals surface area contributed by atoms with E-state index in [1.165, 1.54) is 18.2 Å². The predicted molar refractivity (Wildman–Crippen MR) is 54.4 cm³/mol. The molecule has 1 aromatic carbocycles. The molecule has 92 valence electrons. The Morgan fingerprint density at radius 3 is 2.76 bits per heavy atom. The topological polar surface area (TPSA) is 49.3 Å². The van der Waals surface area contributed by atoms with Gasteiger partial charge in [0.2, 0.25) is 5.91 Å². The van der Waals surface area contributed by atoms with Gasteiger partial charge in [0, 0.05) is 5.69 Å². The number of aliphatic hydroxyl groups is 1. The summed E-state index contributed by atoms with van der Waals surface area (Å²) in [6.07, 6.45) is -7.14. The number of alkyl halides is 3. The van der Waals surface area contributed by atoms with E-state index < -0.39 is 18.7 Å². The lowest BCUT2D eigenvalue weighted by Gasteiger charge is -2.14. The molecule has 3 nitrogen and oxygen atoms in total. The molecular weight excluding hydrogens is 235 g/mol. The van der Waals surface area contributed by atoms with E-state index in [-0.39, 0.29) is 17.9 Å². The molecule has 17 heavy (non-hydrogen) atoms. The van der Waals surface area contributed by atoms with Crippen molar-refractivity contribution in [2.24, 2.45) is 0 Å². The van der Waals surface area contributed by atoms with Gasteiger partial charge in [-0.05, 0) is 17.2 Å². The van der Waals surface area contributed by atoms with E-state index in [4.69, 9.17) is 0 Å². The number of hydrogen-bond donors (Lipinski definition) is 2. The smallest absolute Gasteiger partial charge is 0.388 e. The number of carbonyl (C=O) groups excluding carboxylic acids is 1. The van der Waals surface area contributed by atoms with Crippen molar-refractivity contribution < 1.29 is 23.1 Å². The molecule has 1 amide bonds. The Bertz CT molecular complexity index is 457. The Labute approximate surface area is 95.3 Å². The van der Waals surface area contributed by atoms with Crippen molar-refractivity contribution in [3.63, 3.8) is 0 Å². The Kier molecular flexibility index (Phi) is 2.82. The maximum atomic E-state index is 12.1. The molecule has 1 heterocycles. The van der Waals surface area contributed by atoms with Crippen molar-refractivity contribution in [1.29, 1.82) is 0 Å². The first-order chi connectivity index (χ1) is 7.85. The molecule has 1 aliphatic heterocycles. The van der Waals surface area contributed by atoms with Gasteiger partial charge in [-0.1, -0.05) is 12.1 Å². The molecule has 0 fully saturated rings. The van der Waals surface area contributed by atoms with Crippen molar-refractivity contribution in [1.82, 2.24) is 0 Å². The minimum Gasteiger partial charge on any atom is -0.388 e. The summed E-state index contributed by atoms with van der Waals surface area (Å²) in [7, 11) is 0. The molecule has 1 aliphatic rings. The lowest BCUT2D eigenvalue weighted by atomic mass is 10.0. The number of anilines is 1. The van der Waals surface area contributed by atoms with Gasteiger partial charge < -0.3 is 10.4 Å². The van der Waals surface area contributed by atoms with Crippen LogP contribution in [0.15, 0.2) is 18.2 Å². The second-order valence-electron chi connectivity index (χ2n) is 3.98. The van der Waals surface area contributed by atoms with Crippen molar-refractivity contribution in [2.45, 2.75) is 25.1 Å². The molecule has 6 heteroatoms. The number of nitrogens with one attached hydrogen (secondary N) is 1. The average Bonchev–Trinajstić information content (AvgIpc) is 2.53. The lowest BCUT2D eigenvalue weighted by molar-refractivity contribution is -0.154. The summed E-state index contributed by atoms with van der Waals surface area (Å²) in [6, 6.07) is 4.33. The number of amides is 1. The number of carbonyl (C=O) groups is 1. The molecule has 0 spiro atoms. The average molecular weight is 245 g/mol. The van der Waals surface area contributed by atoms with E-state index in [9.17, 15) is 23.1 Å². The maximum Gasteiger partial charge on any atom is 0.391 e. The minimum absolute atomic E-state index is 0.141. The van der Waals surface area contributed by atoms with Crippen LogP contribution in [0.3, 0.4) is 0 Å². The first-order valence-electron chi connectivity index (χ1n) is 5.02. The van der Waals surface area contributed by atoms with Crippen LogP contribution < -0.4 is 5.32 Å². The summed E-state index contributed by atoms with van der Waals surface area (Å²) >= 11 is 0. The van der Waals surface area contributed by atoms with E-state index in [2.05, 4.69) is 5.32 Å². The molecular formula is C11H10F3NO2. The summed E-state index contributed by atoms with van der Waals surface area (Å²) in [5.74, 6) is -0.192. The van der Waals surface area contributed by atoms with Crippen LogP contribution in [0.2, 0.25) is 0 Å². The second kappa shape index (κ2) is 4.03. The van der Waals surface area contributed by atoms with Crippen LogP contribution >= 0.6 is 0 Å². The van der Waals surface area contributed by atoms with E-state index in [0.717, 1.165) is 0 Å². The van der Waals surface area contributed by atoms with Crippen molar-refractivity contribution in [3.8, 4) is 0 Å². The third-order valence-corrected chi connectivity index (χ3v) is 2.56. The largest absolute Gasteiger partial charge is 0.391 e. The summed E-state index contributed by atoms with van der Waals surface area (Å²) in [5, 5.41) is 12.0. The monoisotopic (exact) mass is 245 g/mol. The molecule has 1 aromatic rings. The molecule has 1 atom stereocenters. The van der Waals surface area contributed by atoms with Crippen LogP contribution in [0.5, 0.6) is 0 Å². The predicted octanol–water partition coefficient (Wildman–Crippen LogP) is 2.17. The van der Waals surface area contributed by atoms with Gasteiger partial charge in [0.1, 0.15) is 0 Å². The van der Waals surface area contributed by atoms with Gasteiger partial charge >= 0.3 is 6.18 Å². The van der Waals surface area contributed by atoms with E-state index in [1.807, 2.05) is 0 Å². The fourth-order valence-corrected chi connectivity index (χ4v) is 1.79. The van der Waals surface area contributed by atoms with Gasteiger partial charge in [-0.3, -0.25) is 4.79 Å². The SMILES string of the molecule is O=C1Cc2cc(C(O)CC(F)(F)F)ccc2N1. The fraction of sp³-hybridized carbons (Fsp3) is 0.364. The highest BCUT2D eigenvalue weighted by molar-refractivity contribution is 5.99. The summed E-state index contributed by atoms with van der Waals surface area (Å²) in [5.41, 5.74) is 1.39. The maximum absolute atomic E-state index is 12.1. The molecule has 1 unspecified atom stereocenters. The van der Waals surface area contributed by atoms with Gasteiger partial charge in [-0.2, -0.15) is 13.2 Å². The zero-order chi connectivity index (χ0) is 12.6. The molecule has 0 saturated heterocycles. The minimum atomic E-state index is -4.41. The Hall–Kier alpha value is -1.56. The third-order valence-electron chi connectivity index (χ3n) is 2.56. The highest BCUT2D eigenvalue weighted by atomic mass is 19.4. The van der Waals surface area contributed by atoms with Gasteiger partial charge in [0.15, 0.2) is 0 Å². The van der Waals surface area contributed by atoms with Crippen LogP contribution in [0.25, 0.3) is 0 Å². The van der Waals surface area contributed by atoms with E-state index >= 15 is 0 Å². The quantitative estimate of drug-likeness (QED) is 0.838. The number of halogens is 3. The van der Waals surface area contributed by atoms with Gasteiger partial charge in [-0.15, -0.1) is 0 Å². The molecule has 0 saturated carbocycles. The molecule has 2 rings (SSSR count). The zero-order valence-electron chi connectivity index (χ0n) is 8.71. The Balaban J connectivity index is 2.18. The molecule has 2 N–H and O–H groups in total. The first-order valence-corrected chi connectivity index (χ1v) is 5.02. The standard InChI is InChI=1S/C11H10F3NO2/c12-11(13,14)5-9(16)6-1-2-8-7(3-6)4-10(17)15-8/h1-3,9,16H,4-5H2,(H,15,17). The van der Waals surface area contributed by atoms with Gasteiger partial charge in [0.25, 0.3) is 0 Å². The van der Waals surface area contributed by atoms with Crippen molar-refractivity contribution in [2.75, 3.05) is 5.32 Å². The second-order valence-corrected chi connectivity index (χ2v) is 3.98. The van der Waals surface area contributed by atoms with E-state index in [0.29, 0.717) is 11.3 Å². The number of benzene rings is 1. The number of rotatable bonds is 2. The van der Waals surface area contributed by atoms with Gasteiger partial charge in [-0.25, -0.2) is 0 Å². The number of hydrogen-bond acceptors (Lipinski definition) is 2. The van der Waals surface area contributed by atoms with Crippen molar-refractivity contribution >= 4 is 11.6 Å². The third kappa shape index (κ3) is 2.76.